The lowest BCUT2D eigenvalue weighted by Crippen LogP contribution is -2.21. The fourth-order valence-electron chi connectivity index (χ4n) is 1.41. The zero-order valence-electron chi connectivity index (χ0n) is 9.63. The summed E-state index contributed by atoms with van der Waals surface area (Å²) in [6, 6.07) is -0.250. The second kappa shape index (κ2) is 4.81. The Kier molecular flexibility index (Phi) is 3.98. The molecule has 0 saturated heterocycles. The molecule has 4 nitrogen and oxygen atoms in total. The largest absolute Gasteiger partial charge is 0.496 e. The second-order valence-electron chi connectivity index (χ2n) is 3.59. The molecule has 0 unspecified atom stereocenters. The Morgan fingerprint density at radius 3 is 1.75 bits per heavy atom. The van der Waals surface area contributed by atoms with Gasteiger partial charge in [-0.3, -0.25) is 0 Å². The highest BCUT2D eigenvalue weighted by atomic mass is 32.2. The number of benzene rings is 1. The van der Waals surface area contributed by atoms with Crippen molar-refractivity contribution in [2.45, 2.75) is 17.2 Å². The Hall–Kier alpha value is -1.49. The molecule has 20 heavy (non-hydrogen) atoms. The summed E-state index contributed by atoms with van der Waals surface area (Å²) in [5.41, 5.74) is -3.50. The summed E-state index contributed by atoms with van der Waals surface area (Å²) in [6.07, 6.45) is -10.3. The molecule has 0 radical (unpaired) electrons. The van der Waals surface area contributed by atoms with Gasteiger partial charge in [-0.15, -0.1) is 0 Å². The molecule has 0 aromatic heterocycles. The van der Waals surface area contributed by atoms with E-state index in [-0.39, 0.29) is 12.1 Å². The minimum atomic E-state index is -5.21. The van der Waals surface area contributed by atoms with Gasteiger partial charge >= 0.3 is 12.4 Å². The molecule has 2 N–H and O–H groups in total. The molecule has 1 aromatic rings. The first-order valence-electron chi connectivity index (χ1n) is 4.67. The topological polar surface area (TPSA) is 69.4 Å². The number of hydrogen-bond donors (Lipinski definition) is 1. The summed E-state index contributed by atoms with van der Waals surface area (Å²) in [7, 11) is -4.28. The fraction of sp³-hybridized carbons (Fsp3) is 0.333. The Labute approximate surface area is 109 Å². The van der Waals surface area contributed by atoms with Crippen LogP contribution in [0.4, 0.5) is 26.3 Å². The third-order valence-corrected chi connectivity index (χ3v) is 3.17. The molecule has 0 spiro atoms. The first-order valence-corrected chi connectivity index (χ1v) is 6.22. The summed E-state index contributed by atoms with van der Waals surface area (Å²) in [6.45, 7) is 0. The van der Waals surface area contributed by atoms with Gasteiger partial charge in [-0.2, -0.15) is 26.3 Å². The molecular weight excluding hydrogens is 316 g/mol. The van der Waals surface area contributed by atoms with E-state index in [0.29, 0.717) is 0 Å². The van der Waals surface area contributed by atoms with Crippen molar-refractivity contribution in [2.75, 3.05) is 7.11 Å². The van der Waals surface area contributed by atoms with Crippen molar-refractivity contribution >= 4 is 10.0 Å². The van der Waals surface area contributed by atoms with Crippen LogP contribution in [0.2, 0.25) is 0 Å². The van der Waals surface area contributed by atoms with Crippen molar-refractivity contribution in [1.29, 1.82) is 0 Å². The molecular formula is C9H7F6NO3S. The van der Waals surface area contributed by atoms with Crippen molar-refractivity contribution < 1.29 is 39.5 Å². The van der Waals surface area contributed by atoms with Crippen LogP contribution in [-0.4, -0.2) is 15.5 Å². The first kappa shape index (κ1) is 16.6. The molecule has 0 aliphatic rings. The molecule has 0 fully saturated rings. The van der Waals surface area contributed by atoms with Gasteiger partial charge in [0.2, 0.25) is 10.0 Å². The predicted octanol–water partition coefficient (Wildman–Crippen LogP) is 2.38. The summed E-state index contributed by atoms with van der Waals surface area (Å²) in [5.74, 6) is -1.16. The molecule has 11 heteroatoms. The molecule has 0 aliphatic carbocycles. The van der Waals surface area contributed by atoms with Gasteiger partial charge in [0.15, 0.2) is 0 Å². The van der Waals surface area contributed by atoms with Crippen LogP contribution in [0.3, 0.4) is 0 Å². The molecule has 114 valence electrons. The second-order valence-corrected chi connectivity index (χ2v) is 5.12. The SMILES string of the molecule is COc1cc(C(F)(F)F)c(S(N)(=O)=O)cc1C(F)(F)F. The van der Waals surface area contributed by atoms with Crippen molar-refractivity contribution in [3.8, 4) is 5.75 Å². The van der Waals surface area contributed by atoms with Crippen molar-refractivity contribution in [2.24, 2.45) is 5.14 Å². The van der Waals surface area contributed by atoms with Gasteiger partial charge in [0.1, 0.15) is 5.75 Å². The van der Waals surface area contributed by atoms with Crippen LogP contribution in [0.15, 0.2) is 17.0 Å². The van der Waals surface area contributed by atoms with E-state index in [0.717, 1.165) is 7.11 Å². The maximum Gasteiger partial charge on any atom is 0.420 e. The van der Waals surface area contributed by atoms with Crippen LogP contribution < -0.4 is 9.88 Å². The summed E-state index contributed by atoms with van der Waals surface area (Å²) in [5, 5.41) is 4.52. The van der Waals surface area contributed by atoms with Crippen molar-refractivity contribution in [1.82, 2.24) is 0 Å². The lowest BCUT2D eigenvalue weighted by Gasteiger charge is -2.17. The van der Waals surface area contributed by atoms with Gasteiger partial charge in [-0.25, -0.2) is 13.6 Å². The number of methoxy groups -OCH3 is 1. The molecule has 1 rings (SSSR count). The van der Waals surface area contributed by atoms with E-state index in [9.17, 15) is 34.8 Å². The normalized spacial score (nSPS) is 13.4. The molecule has 0 atom stereocenters. The number of sulfonamides is 1. The van der Waals surface area contributed by atoms with Gasteiger partial charge in [-0.1, -0.05) is 0 Å². The summed E-state index contributed by atoms with van der Waals surface area (Å²) >= 11 is 0. The number of alkyl halides is 6. The number of halogens is 6. The van der Waals surface area contributed by atoms with Gasteiger partial charge in [0.05, 0.1) is 23.1 Å². The molecule has 0 heterocycles. The van der Waals surface area contributed by atoms with Gasteiger partial charge in [0.25, 0.3) is 0 Å². The zero-order valence-corrected chi connectivity index (χ0v) is 10.4. The highest BCUT2D eigenvalue weighted by molar-refractivity contribution is 7.89. The van der Waals surface area contributed by atoms with E-state index in [1.807, 2.05) is 0 Å². The van der Waals surface area contributed by atoms with Gasteiger partial charge < -0.3 is 4.74 Å². The smallest absolute Gasteiger partial charge is 0.420 e. The number of nitrogens with two attached hydrogens (primary N) is 1. The number of hydrogen-bond acceptors (Lipinski definition) is 3. The maximum absolute atomic E-state index is 12.7. The maximum atomic E-state index is 12.7. The summed E-state index contributed by atoms with van der Waals surface area (Å²) < 4.78 is 102. The molecule has 0 amide bonds. The van der Waals surface area contributed by atoms with Crippen molar-refractivity contribution in [3.05, 3.63) is 23.3 Å². The molecule has 0 aliphatic heterocycles. The Morgan fingerprint density at radius 1 is 1.00 bits per heavy atom. The lowest BCUT2D eigenvalue weighted by atomic mass is 10.1. The first-order chi connectivity index (χ1) is 8.78. The molecule has 1 aromatic carbocycles. The monoisotopic (exact) mass is 323 g/mol. The Balaban J connectivity index is 3.82. The van der Waals surface area contributed by atoms with Gasteiger partial charge in [-0.05, 0) is 12.1 Å². The highest BCUT2D eigenvalue weighted by Gasteiger charge is 2.42. The number of rotatable bonds is 2. The van der Waals surface area contributed by atoms with Gasteiger partial charge in [0, 0.05) is 0 Å². The average molecular weight is 323 g/mol. The Morgan fingerprint density at radius 2 is 1.45 bits per heavy atom. The van der Waals surface area contributed by atoms with E-state index >= 15 is 0 Å². The van der Waals surface area contributed by atoms with E-state index in [1.54, 1.807) is 0 Å². The fourth-order valence-corrected chi connectivity index (χ4v) is 2.17. The lowest BCUT2D eigenvalue weighted by molar-refractivity contribution is -0.144. The Bertz CT molecular complexity index is 620. The van der Waals surface area contributed by atoms with Crippen LogP contribution in [0, 0.1) is 0 Å². The standard InChI is InChI=1S/C9H7F6NO3S/c1-19-6-2-5(9(13,14)15)7(20(16,17)18)3-4(6)8(10,11)12/h2-3H,1H3,(H2,16,17,18). The van der Waals surface area contributed by atoms with Crippen molar-refractivity contribution in [3.63, 3.8) is 0 Å². The zero-order chi connectivity index (χ0) is 15.9. The van der Waals surface area contributed by atoms with Crippen LogP contribution in [0.25, 0.3) is 0 Å². The minimum Gasteiger partial charge on any atom is -0.496 e. The summed E-state index contributed by atoms with van der Waals surface area (Å²) in [4.78, 5) is -1.67. The average Bonchev–Trinajstić information content (AvgIpc) is 2.23. The van der Waals surface area contributed by atoms with E-state index in [2.05, 4.69) is 9.88 Å². The molecule has 0 saturated carbocycles. The van der Waals surface area contributed by atoms with Crippen LogP contribution in [0.1, 0.15) is 11.1 Å². The highest BCUT2D eigenvalue weighted by Crippen LogP contribution is 2.43. The van der Waals surface area contributed by atoms with Crippen LogP contribution in [0.5, 0.6) is 5.75 Å². The molecule has 0 bridgehead atoms. The predicted molar refractivity (Wildman–Crippen MR) is 54.4 cm³/mol. The quantitative estimate of drug-likeness (QED) is 0.850. The number of ether oxygens (including phenoxy) is 1. The third kappa shape index (κ3) is 3.33. The van der Waals surface area contributed by atoms with Crippen LogP contribution >= 0.6 is 0 Å². The van der Waals surface area contributed by atoms with E-state index < -0.39 is 44.1 Å². The number of primary sulfonamides is 1. The van der Waals surface area contributed by atoms with Crippen LogP contribution in [-0.2, 0) is 22.4 Å². The minimum absolute atomic E-state index is 0.0530. The van der Waals surface area contributed by atoms with E-state index in [1.165, 1.54) is 0 Å². The van der Waals surface area contributed by atoms with E-state index in [4.69, 9.17) is 0 Å². The third-order valence-electron chi connectivity index (χ3n) is 2.22.